The summed E-state index contributed by atoms with van der Waals surface area (Å²) in [6.07, 6.45) is -7.60. The molecule has 3 rings (SSSR count). The molecule has 2 fully saturated rings. The number of allylic oxidation sites excluding steroid dienone is 1. The first-order chi connectivity index (χ1) is 16.3. The van der Waals surface area contributed by atoms with E-state index in [9.17, 15) is 35.7 Å². The second-order valence-corrected chi connectivity index (χ2v) is 10.9. The molecule has 0 saturated carbocycles. The largest absolute Gasteiger partial charge is 0.393 e. The Bertz CT molecular complexity index is 743. The lowest BCUT2D eigenvalue weighted by Gasteiger charge is -2.41. The normalized spacial score (nSPS) is 42.9. The molecule has 3 aliphatic rings. The zero-order chi connectivity index (χ0) is 26.1. The predicted octanol–water partition coefficient (Wildman–Crippen LogP) is -1.07. The molecule has 0 amide bonds. The Morgan fingerprint density at radius 3 is 2.34 bits per heavy atom. The highest BCUT2D eigenvalue weighted by molar-refractivity contribution is 5.24. The Morgan fingerprint density at radius 1 is 1.06 bits per heavy atom. The Labute approximate surface area is 205 Å². The van der Waals surface area contributed by atoms with Crippen LogP contribution < -0.4 is 0 Å². The van der Waals surface area contributed by atoms with E-state index >= 15 is 0 Å². The van der Waals surface area contributed by atoms with Crippen molar-refractivity contribution in [1.82, 2.24) is 0 Å². The van der Waals surface area contributed by atoms with Crippen molar-refractivity contribution in [2.75, 3.05) is 19.8 Å². The molecule has 0 unspecified atom stereocenters. The fraction of sp³-hybridized carbons (Fsp3) is 0.917. The quantitative estimate of drug-likeness (QED) is 0.189. The van der Waals surface area contributed by atoms with Crippen LogP contribution in [0.15, 0.2) is 11.1 Å². The van der Waals surface area contributed by atoms with Gasteiger partial charge in [0.2, 0.25) is 0 Å². The Hall–Kier alpha value is -0.700. The van der Waals surface area contributed by atoms with Crippen LogP contribution in [0.5, 0.6) is 0 Å². The second-order valence-electron chi connectivity index (χ2n) is 10.9. The van der Waals surface area contributed by atoms with Crippen LogP contribution in [0.3, 0.4) is 0 Å². The molecular weight excluding hydrogens is 464 g/mol. The molecule has 204 valence electrons. The molecular formula is C24H42O11. The van der Waals surface area contributed by atoms with Gasteiger partial charge in [0, 0.05) is 0 Å². The van der Waals surface area contributed by atoms with Crippen LogP contribution in [0.1, 0.15) is 53.4 Å². The summed E-state index contributed by atoms with van der Waals surface area (Å²) in [5.74, 6) is 0. The van der Waals surface area contributed by atoms with E-state index in [1.807, 2.05) is 13.8 Å². The maximum Gasteiger partial charge on any atom is 0.186 e. The van der Waals surface area contributed by atoms with Crippen molar-refractivity contribution in [1.29, 1.82) is 0 Å². The highest BCUT2D eigenvalue weighted by Crippen LogP contribution is 2.42. The average molecular weight is 507 g/mol. The summed E-state index contributed by atoms with van der Waals surface area (Å²) in [7, 11) is 0. The SMILES string of the molecule is CC1=C(CC[C@@H](C)O[C@@H]2O[C@H](CO[C@@H]3OC[C@](O)(CO)[C@H]3O)[C@@H](O)[C@H](O)[C@H]2O)C(C)(C)C[C@@H](O)C1. The Morgan fingerprint density at radius 2 is 1.74 bits per heavy atom. The summed E-state index contributed by atoms with van der Waals surface area (Å²) in [4.78, 5) is 0. The van der Waals surface area contributed by atoms with Gasteiger partial charge in [0.15, 0.2) is 12.6 Å². The molecule has 2 heterocycles. The molecule has 0 aromatic carbocycles. The maximum atomic E-state index is 10.4. The van der Waals surface area contributed by atoms with Crippen LogP contribution >= 0.6 is 0 Å². The fourth-order valence-corrected chi connectivity index (χ4v) is 5.33. The Kier molecular flexibility index (Phi) is 9.37. The summed E-state index contributed by atoms with van der Waals surface area (Å²) >= 11 is 0. The molecule has 0 spiro atoms. The van der Waals surface area contributed by atoms with Gasteiger partial charge in [-0.3, -0.25) is 0 Å². The van der Waals surface area contributed by atoms with Crippen molar-refractivity contribution in [3.63, 3.8) is 0 Å². The lowest BCUT2D eigenvalue weighted by Crippen LogP contribution is -2.60. The average Bonchev–Trinajstić information content (AvgIpc) is 3.06. The van der Waals surface area contributed by atoms with Crippen LogP contribution in [-0.2, 0) is 18.9 Å². The molecule has 11 nitrogen and oxygen atoms in total. The van der Waals surface area contributed by atoms with Crippen LogP contribution in [-0.4, -0.2) is 116 Å². The van der Waals surface area contributed by atoms with E-state index in [-0.39, 0.29) is 30.8 Å². The number of hydrogen-bond donors (Lipinski definition) is 7. The van der Waals surface area contributed by atoms with E-state index in [4.69, 9.17) is 18.9 Å². The third-order valence-electron chi connectivity index (χ3n) is 7.46. The standard InChI is InChI=1S/C24H42O11/c1-12-7-14(26)8-23(3,4)15(12)6-5-13(2)34-21-19(29)18(28)17(27)16(35-21)9-32-22-20(30)24(31,10-25)11-33-22/h13-14,16-22,25-31H,5-11H2,1-4H3/t13-,14+,16-,17-,18+,19-,20+,21-,22-,24-/m1/s1. The summed E-state index contributed by atoms with van der Waals surface area (Å²) in [5.41, 5.74) is 0.477. The van der Waals surface area contributed by atoms with Gasteiger partial charge in [-0.1, -0.05) is 25.0 Å². The van der Waals surface area contributed by atoms with Crippen molar-refractivity contribution in [3.05, 3.63) is 11.1 Å². The van der Waals surface area contributed by atoms with E-state index < -0.39 is 55.3 Å². The zero-order valence-corrected chi connectivity index (χ0v) is 20.9. The first-order valence-electron chi connectivity index (χ1n) is 12.3. The van der Waals surface area contributed by atoms with Crippen molar-refractivity contribution < 1.29 is 54.7 Å². The van der Waals surface area contributed by atoms with Crippen LogP contribution in [0.2, 0.25) is 0 Å². The number of rotatable bonds is 9. The highest BCUT2D eigenvalue weighted by Gasteiger charge is 2.50. The van der Waals surface area contributed by atoms with E-state index in [0.717, 1.165) is 6.42 Å². The molecule has 0 aromatic heterocycles. The van der Waals surface area contributed by atoms with E-state index in [2.05, 4.69) is 13.8 Å². The van der Waals surface area contributed by atoms with Crippen LogP contribution in [0, 0.1) is 5.41 Å². The number of hydrogen-bond acceptors (Lipinski definition) is 11. The molecule has 10 atom stereocenters. The molecule has 11 heteroatoms. The summed E-state index contributed by atoms with van der Waals surface area (Å²) in [5, 5.41) is 70.6. The number of aliphatic hydroxyl groups excluding tert-OH is 6. The van der Waals surface area contributed by atoms with Gasteiger partial charge in [-0.2, -0.15) is 0 Å². The lowest BCUT2D eigenvalue weighted by atomic mass is 9.70. The fourth-order valence-electron chi connectivity index (χ4n) is 5.33. The van der Waals surface area contributed by atoms with Gasteiger partial charge in [-0.25, -0.2) is 0 Å². The van der Waals surface area contributed by atoms with Gasteiger partial charge >= 0.3 is 0 Å². The van der Waals surface area contributed by atoms with Gasteiger partial charge in [0.05, 0.1) is 32.0 Å². The van der Waals surface area contributed by atoms with E-state index in [1.165, 1.54) is 11.1 Å². The van der Waals surface area contributed by atoms with Gasteiger partial charge in [-0.15, -0.1) is 0 Å². The van der Waals surface area contributed by atoms with Crippen LogP contribution in [0.25, 0.3) is 0 Å². The predicted molar refractivity (Wildman–Crippen MR) is 122 cm³/mol. The summed E-state index contributed by atoms with van der Waals surface area (Å²) in [6.45, 7) is 6.71. The van der Waals surface area contributed by atoms with E-state index in [0.29, 0.717) is 19.3 Å². The topological polar surface area (TPSA) is 179 Å². The van der Waals surface area contributed by atoms with Crippen molar-refractivity contribution in [2.45, 2.75) is 114 Å². The minimum Gasteiger partial charge on any atom is -0.393 e. The second kappa shape index (κ2) is 11.4. The van der Waals surface area contributed by atoms with E-state index in [1.54, 1.807) is 0 Å². The smallest absolute Gasteiger partial charge is 0.186 e. The molecule has 35 heavy (non-hydrogen) atoms. The Balaban J connectivity index is 1.55. The van der Waals surface area contributed by atoms with Gasteiger partial charge < -0.3 is 54.7 Å². The van der Waals surface area contributed by atoms with Gasteiger partial charge in [0.25, 0.3) is 0 Å². The first-order valence-corrected chi connectivity index (χ1v) is 12.3. The molecule has 2 aliphatic heterocycles. The first kappa shape index (κ1) is 28.9. The monoisotopic (exact) mass is 506 g/mol. The van der Waals surface area contributed by atoms with Gasteiger partial charge in [0.1, 0.15) is 36.1 Å². The molecule has 1 aliphatic carbocycles. The molecule has 0 bridgehead atoms. The molecule has 0 radical (unpaired) electrons. The summed E-state index contributed by atoms with van der Waals surface area (Å²) in [6, 6.07) is 0. The van der Waals surface area contributed by atoms with Gasteiger partial charge in [-0.05, 0) is 44.9 Å². The highest BCUT2D eigenvalue weighted by atomic mass is 16.7. The minimum atomic E-state index is -1.85. The number of ether oxygens (including phenoxy) is 4. The third kappa shape index (κ3) is 6.42. The van der Waals surface area contributed by atoms with Crippen molar-refractivity contribution in [2.24, 2.45) is 5.41 Å². The molecule has 0 aromatic rings. The maximum absolute atomic E-state index is 10.4. The summed E-state index contributed by atoms with van der Waals surface area (Å²) < 4.78 is 22.2. The number of aliphatic hydroxyl groups is 7. The lowest BCUT2D eigenvalue weighted by molar-refractivity contribution is -0.317. The third-order valence-corrected chi connectivity index (χ3v) is 7.46. The minimum absolute atomic E-state index is 0.125. The van der Waals surface area contributed by atoms with Crippen molar-refractivity contribution in [3.8, 4) is 0 Å². The molecule has 7 N–H and O–H groups in total. The van der Waals surface area contributed by atoms with Crippen molar-refractivity contribution >= 4 is 0 Å². The van der Waals surface area contributed by atoms with Crippen LogP contribution in [0.4, 0.5) is 0 Å². The molecule has 2 saturated heterocycles. The zero-order valence-electron chi connectivity index (χ0n) is 20.9.